The molecule has 0 fully saturated rings. The van der Waals surface area contributed by atoms with E-state index in [1.165, 1.54) is 6.21 Å². The highest BCUT2D eigenvalue weighted by Crippen LogP contribution is 2.30. The Balaban J connectivity index is 4.70. The Hall–Kier alpha value is -0.990. The second kappa shape index (κ2) is 5.79. The average molecular weight is 210 g/mol. The lowest BCUT2D eigenvalue weighted by molar-refractivity contribution is -0.119. The lowest BCUT2D eigenvalue weighted by atomic mass is 9.74. The summed E-state index contributed by atoms with van der Waals surface area (Å²) in [6, 6.07) is 0. The van der Waals surface area contributed by atoms with Gasteiger partial charge in [-0.2, -0.15) is 0 Å². The van der Waals surface area contributed by atoms with Crippen LogP contribution in [0.4, 0.5) is 0 Å². The molecular weight excluding hydrogens is 188 g/mol. The molecule has 0 aliphatic heterocycles. The number of carbonyl (C=O) groups is 1. The van der Waals surface area contributed by atoms with E-state index in [4.69, 9.17) is 10.8 Å². The Labute approximate surface area is 92.3 Å². The van der Waals surface area contributed by atoms with Gasteiger partial charge in [-0.15, -0.1) is 0 Å². The van der Waals surface area contributed by atoms with Gasteiger partial charge >= 0.3 is 0 Å². The van der Waals surface area contributed by atoms with Gasteiger partial charge in [0.15, 0.2) is 5.78 Å². The topological polar surface area (TPSA) is 64.8 Å². The molecule has 0 bridgehead atoms. The third-order valence-electron chi connectivity index (χ3n) is 2.61. The number of hydrogen-bond acceptors (Lipinski definition) is 3. The first-order valence-corrected chi connectivity index (χ1v) is 5.45. The summed E-state index contributed by atoms with van der Waals surface area (Å²) >= 11 is 0. The molecule has 0 aromatic rings. The molecule has 15 heavy (non-hydrogen) atoms. The Morgan fingerprint density at radius 1 is 1.40 bits per heavy atom. The van der Waals surface area contributed by atoms with Gasteiger partial charge in [0.05, 0.1) is 5.71 Å². The van der Waals surface area contributed by atoms with Crippen LogP contribution < -0.4 is 0 Å². The summed E-state index contributed by atoms with van der Waals surface area (Å²) in [5.41, 5.74) is 0.0848. The molecular formula is C12H22N2O. The molecule has 0 spiro atoms. The molecule has 3 heteroatoms. The predicted octanol–water partition coefficient (Wildman–Crippen LogP) is 3.08. The van der Waals surface area contributed by atoms with Crippen LogP contribution in [-0.2, 0) is 4.79 Å². The minimum atomic E-state index is -0.133. The molecule has 0 aliphatic carbocycles. The maximum atomic E-state index is 11.9. The monoisotopic (exact) mass is 210 g/mol. The molecule has 0 radical (unpaired) electrons. The summed E-state index contributed by atoms with van der Waals surface area (Å²) in [6.07, 6.45) is 3.12. The summed E-state index contributed by atoms with van der Waals surface area (Å²) in [5.74, 6) is -0.182. The minimum absolute atomic E-state index is 0.0492. The van der Waals surface area contributed by atoms with Crippen molar-refractivity contribution in [1.29, 1.82) is 10.8 Å². The molecule has 1 atom stereocenters. The highest BCUT2D eigenvalue weighted by molar-refractivity contribution is 6.39. The van der Waals surface area contributed by atoms with Crippen molar-refractivity contribution in [1.82, 2.24) is 0 Å². The standard InChI is InChI=1S/C12H22N2O/c1-5-10(14)11(15)9(7-6-8-13)12(2,3)4/h8-9,13-14H,5-7H2,1-4H3. The van der Waals surface area contributed by atoms with Crippen LogP contribution in [0.2, 0.25) is 0 Å². The Bertz CT molecular complexity index is 251. The Morgan fingerprint density at radius 3 is 2.27 bits per heavy atom. The van der Waals surface area contributed by atoms with E-state index < -0.39 is 0 Å². The number of Topliss-reactive ketones (excluding diaryl/α,β-unsaturated/α-hetero) is 1. The molecule has 0 aromatic carbocycles. The summed E-state index contributed by atoms with van der Waals surface area (Å²) < 4.78 is 0. The maximum absolute atomic E-state index is 11.9. The fourth-order valence-corrected chi connectivity index (χ4v) is 1.59. The fourth-order valence-electron chi connectivity index (χ4n) is 1.59. The molecule has 0 saturated carbocycles. The van der Waals surface area contributed by atoms with Gasteiger partial charge in [0, 0.05) is 5.92 Å². The molecule has 0 aromatic heterocycles. The van der Waals surface area contributed by atoms with Crippen molar-refractivity contribution in [3.63, 3.8) is 0 Å². The number of hydrogen-bond donors (Lipinski definition) is 2. The second-order valence-electron chi connectivity index (χ2n) is 4.90. The average Bonchev–Trinajstić information content (AvgIpc) is 2.14. The van der Waals surface area contributed by atoms with E-state index >= 15 is 0 Å². The first kappa shape index (κ1) is 14.0. The zero-order chi connectivity index (χ0) is 12.1. The normalized spacial score (nSPS) is 13.3. The first-order valence-electron chi connectivity index (χ1n) is 5.45. The van der Waals surface area contributed by atoms with Gasteiger partial charge < -0.3 is 10.8 Å². The third-order valence-corrected chi connectivity index (χ3v) is 2.61. The van der Waals surface area contributed by atoms with Crippen LogP contribution >= 0.6 is 0 Å². The number of carbonyl (C=O) groups excluding carboxylic acids is 1. The van der Waals surface area contributed by atoms with Crippen molar-refractivity contribution in [2.24, 2.45) is 11.3 Å². The van der Waals surface area contributed by atoms with Crippen molar-refractivity contribution in [2.75, 3.05) is 0 Å². The first-order chi connectivity index (χ1) is 6.84. The highest BCUT2D eigenvalue weighted by Gasteiger charge is 2.31. The summed E-state index contributed by atoms with van der Waals surface area (Å²) in [7, 11) is 0. The summed E-state index contributed by atoms with van der Waals surface area (Å²) in [5, 5.41) is 14.6. The molecule has 2 N–H and O–H groups in total. The molecule has 86 valence electrons. The molecule has 0 amide bonds. The van der Waals surface area contributed by atoms with E-state index in [9.17, 15) is 4.79 Å². The van der Waals surface area contributed by atoms with Crippen LogP contribution in [0.25, 0.3) is 0 Å². The van der Waals surface area contributed by atoms with Gasteiger partial charge in [0.2, 0.25) is 0 Å². The summed E-state index contributed by atoms with van der Waals surface area (Å²) in [4.78, 5) is 11.9. The van der Waals surface area contributed by atoms with E-state index in [1.54, 1.807) is 0 Å². The molecule has 0 saturated heterocycles. The van der Waals surface area contributed by atoms with Gasteiger partial charge in [0.1, 0.15) is 0 Å². The van der Waals surface area contributed by atoms with Gasteiger partial charge in [-0.25, -0.2) is 0 Å². The maximum Gasteiger partial charge on any atom is 0.179 e. The van der Waals surface area contributed by atoms with Crippen molar-refractivity contribution in [2.45, 2.75) is 47.0 Å². The van der Waals surface area contributed by atoms with Gasteiger partial charge in [0.25, 0.3) is 0 Å². The van der Waals surface area contributed by atoms with Gasteiger partial charge in [-0.3, -0.25) is 4.79 Å². The van der Waals surface area contributed by atoms with Gasteiger partial charge in [-0.05, 0) is 30.9 Å². The zero-order valence-electron chi connectivity index (χ0n) is 10.2. The second-order valence-corrected chi connectivity index (χ2v) is 4.90. The molecule has 0 heterocycles. The van der Waals surface area contributed by atoms with Crippen molar-refractivity contribution in [3.8, 4) is 0 Å². The lowest BCUT2D eigenvalue weighted by Gasteiger charge is -2.29. The van der Waals surface area contributed by atoms with Crippen LogP contribution in [0.3, 0.4) is 0 Å². The third kappa shape index (κ3) is 4.36. The Kier molecular flexibility index (Phi) is 5.40. The molecule has 1 unspecified atom stereocenters. The van der Waals surface area contributed by atoms with Crippen LogP contribution in [0.5, 0.6) is 0 Å². The van der Waals surface area contributed by atoms with E-state index in [0.29, 0.717) is 19.3 Å². The molecule has 3 nitrogen and oxygen atoms in total. The molecule has 0 rings (SSSR count). The van der Waals surface area contributed by atoms with Crippen LogP contribution in [0.1, 0.15) is 47.0 Å². The highest BCUT2D eigenvalue weighted by atomic mass is 16.1. The van der Waals surface area contributed by atoms with Crippen molar-refractivity contribution >= 4 is 17.7 Å². The van der Waals surface area contributed by atoms with Gasteiger partial charge in [-0.1, -0.05) is 27.7 Å². The Morgan fingerprint density at radius 2 is 1.93 bits per heavy atom. The van der Waals surface area contributed by atoms with Crippen LogP contribution in [0.15, 0.2) is 0 Å². The number of ketones is 1. The lowest BCUT2D eigenvalue weighted by Crippen LogP contribution is -2.33. The number of rotatable bonds is 6. The van der Waals surface area contributed by atoms with Crippen LogP contribution in [-0.4, -0.2) is 17.7 Å². The zero-order valence-corrected chi connectivity index (χ0v) is 10.2. The van der Waals surface area contributed by atoms with Crippen LogP contribution in [0, 0.1) is 22.2 Å². The van der Waals surface area contributed by atoms with Crippen molar-refractivity contribution < 1.29 is 4.79 Å². The number of nitrogens with one attached hydrogen (secondary N) is 2. The quantitative estimate of drug-likeness (QED) is 0.650. The van der Waals surface area contributed by atoms with E-state index in [0.717, 1.165) is 0 Å². The largest absolute Gasteiger partial charge is 0.313 e. The van der Waals surface area contributed by atoms with E-state index in [2.05, 4.69) is 0 Å². The van der Waals surface area contributed by atoms with Crippen molar-refractivity contribution in [3.05, 3.63) is 0 Å². The summed E-state index contributed by atoms with van der Waals surface area (Å²) in [6.45, 7) is 7.88. The van der Waals surface area contributed by atoms with E-state index in [1.807, 2.05) is 27.7 Å². The smallest absolute Gasteiger partial charge is 0.179 e. The predicted molar refractivity (Wildman–Crippen MR) is 64.0 cm³/mol. The minimum Gasteiger partial charge on any atom is -0.313 e. The molecule has 0 aliphatic rings. The SMILES string of the molecule is CCC(=N)C(=O)C(CCC=N)C(C)(C)C. The van der Waals surface area contributed by atoms with E-state index in [-0.39, 0.29) is 22.8 Å². The fraction of sp³-hybridized carbons (Fsp3) is 0.750.